The molecule has 0 radical (unpaired) electrons. The molecule has 0 bridgehead atoms. The first-order valence-electron chi connectivity index (χ1n) is 7.55. The Morgan fingerprint density at radius 1 is 1.09 bits per heavy atom. The average Bonchev–Trinajstić information content (AvgIpc) is 3.11. The van der Waals surface area contributed by atoms with Gasteiger partial charge in [-0.3, -0.25) is 14.8 Å². The van der Waals surface area contributed by atoms with Gasteiger partial charge in [-0.1, -0.05) is 12.1 Å². The molecule has 2 amide bonds. The van der Waals surface area contributed by atoms with Gasteiger partial charge in [-0.05, 0) is 47.9 Å². The highest BCUT2D eigenvalue weighted by Crippen LogP contribution is 2.18. The number of ether oxygens (including phenoxy) is 1. The Balaban J connectivity index is 1.77. The number of benzene rings is 2. The second kappa shape index (κ2) is 6.76. The topological polar surface area (TPSA) is 87.7 Å². The molecule has 1 unspecified atom stereocenters. The fourth-order valence-corrected chi connectivity index (χ4v) is 2.71. The van der Waals surface area contributed by atoms with Crippen LogP contribution in [-0.4, -0.2) is 36.3 Å². The molecule has 1 atom stereocenters. The van der Waals surface area contributed by atoms with Gasteiger partial charge in [0.25, 0.3) is 11.8 Å². The second-order valence-electron chi connectivity index (χ2n) is 5.56. The van der Waals surface area contributed by atoms with E-state index in [1.54, 1.807) is 35.8 Å². The normalized spacial score (nSPS) is 17.2. The summed E-state index contributed by atoms with van der Waals surface area (Å²) in [6, 6.07) is 10.3. The lowest BCUT2D eigenvalue weighted by Crippen LogP contribution is -2.31. The van der Waals surface area contributed by atoms with E-state index in [1.165, 1.54) is 0 Å². The second-order valence-corrected chi connectivity index (χ2v) is 5.56. The summed E-state index contributed by atoms with van der Waals surface area (Å²) in [5.74, 6) is -0.750. The number of nitrogens with one attached hydrogen (secondary N) is 2. The zero-order valence-electron chi connectivity index (χ0n) is 12.5. The molecule has 23 heavy (non-hydrogen) atoms. The van der Waals surface area contributed by atoms with E-state index in [0.29, 0.717) is 17.7 Å². The molecule has 6 heteroatoms. The van der Waals surface area contributed by atoms with Crippen molar-refractivity contribution in [2.75, 3.05) is 13.2 Å². The number of hydrogen-bond acceptors (Lipinski definition) is 4. The summed E-state index contributed by atoms with van der Waals surface area (Å²) in [5, 5.41) is 13.2. The van der Waals surface area contributed by atoms with E-state index in [-0.39, 0.29) is 12.0 Å². The van der Waals surface area contributed by atoms with Crippen molar-refractivity contribution < 1.29 is 19.5 Å². The number of carbonyl (C=O) groups excluding carboxylic acids is 2. The molecular weight excluding hydrogens is 296 g/mol. The van der Waals surface area contributed by atoms with Gasteiger partial charge in [0.05, 0.1) is 6.10 Å². The van der Waals surface area contributed by atoms with Crippen LogP contribution in [0, 0.1) is 0 Å². The van der Waals surface area contributed by atoms with Crippen molar-refractivity contribution >= 4 is 22.6 Å². The van der Waals surface area contributed by atoms with Crippen LogP contribution in [0.15, 0.2) is 36.4 Å². The Morgan fingerprint density at radius 3 is 2.39 bits per heavy atom. The SMILES string of the molecule is O=C(NO)c1ccc2ccc(C(=O)NCC3CCCO3)cc2c1. The lowest BCUT2D eigenvalue weighted by Gasteiger charge is -2.11. The highest BCUT2D eigenvalue weighted by atomic mass is 16.5. The van der Waals surface area contributed by atoms with Gasteiger partial charge in [-0.25, -0.2) is 5.48 Å². The summed E-state index contributed by atoms with van der Waals surface area (Å²) in [7, 11) is 0. The molecule has 2 aromatic carbocycles. The Kier molecular flexibility index (Phi) is 4.55. The van der Waals surface area contributed by atoms with Crippen LogP contribution < -0.4 is 10.8 Å². The quantitative estimate of drug-likeness (QED) is 0.594. The molecule has 1 saturated heterocycles. The van der Waals surface area contributed by atoms with Crippen molar-refractivity contribution in [3.63, 3.8) is 0 Å². The minimum atomic E-state index is -0.583. The van der Waals surface area contributed by atoms with Crippen LogP contribution in [-0.2, 0) is 4.74 Å². The van der Waals surface area contributed by atoms with E-state index in [2.05, 4.69) is 5.32 Å². The Bertz CT molecular complexity index is 738. The maximum atomic E-state index is 12.2. The van der Waals surface area contributed by atoms with Gasteiger partial charge in [0, 0.05) is 24.3 Å². The smallest absolute Gasteiger partial charge is 0.274 e. The van der Waals surface area contributed by atoms with E-state index < -0.39 is 5.91 Å². The molecule has 2 aromatic rings. The largest absolute Gasteiger partial charge is 0.376 e. The fourth-order valence-electron chi connectivity index (χ4n) is 2.71. The van der Waals surface area contributed by atoms with Gasteiger partial charge in [0.1, 0.15) is 0 Å². The van der Waals surface area contributed by atoms with Gasteiger partial charge in [0.2, 0.25) is 0 Å². The summed E-state index contributed by atoms with van der Waals surface area (Å²) in [6.07, 6.45) is 2.10. The van der Waals surface area contributed by atoms with Crippen molar-refractivity contribution in [3.05, 3.63) is 47.5 Å². The Hall–Kier alpha value is -2.44. The first kappa shape index (κ1) is 15.5. The van der Waals surface area contributed by atoms with Crippen molar-refractivity contribution in [2.45, 2.75) is 18.9 Å². The third-order valence-electron chi connectivity index (χ3n) is 3.98. The highest BCUT2D eigenvalue weighted by Gasteiger charge is 2.16. The standard InChI is InChI=1S/C17H18N2O4/c20-16(18-10-15-2-1-7-23-15)12-5-3-11-4-6-13(17(21)19-22)9-14(11)8-12/h3-6,8-9,15,22H,1-2,7,10H2,(H,18,20)(H,19,21). The molecule has 1 fully saturated rings. The Labute approximate surface area is 133 Å². The highest BCUT2D eigenvalue weighted by molar-refractivity contribution is 6.01. The molecule has 1 aliphatic heterocycles. The Morgan fingerprint density at radius 2 is 1.78 bits per heavy atom. The van der Waals surface area contributed by atoms with Crippen molar-refractivity contribution in [3.8, 4) is 0 Å². The van der Waals surface area contributed by atoms with Crippen LogP contribution in [0.2, 0.25) is 0 Å². The summed E-state index contributed by atoms with van der Waals surface area (Å²) in [6.45, 7) is 1.26. The zero-order chi connectivity index (χ0) is 16.2. The number of hydrogen-bond donors (Lipinski definition) is 3. The third kappa shape index (κ3) is 3.49. The van der Waals surface area contributed by atoms with E-state index >= 15 is 0 Å². The molecular formula is C17H18N2O4. The van der Waals surface area contributed by atoms with Gasteiger partial charge >= 0.3 is 0 Å². The summed E-state index contributed by atoms with van der Waals surface area (Å²) in [5.41, 5.74) is 2.46. The first-order chi connectivity index (χ1) is 11.2. The maximum Gasteiger partial charge on any atom is 0.274 e. The lowest BCUT2D eigenvalue weighted by atomic mass is 10.0. The van der Waals surface area contributed by atoms with Crippen LogP contribution in [0.5, 0.6) is 0 Å². The number of amides is 2. The molecule has 0 aromatic heterocycles. The molecule has 3 N–H and O–H groups in total. The van der Waals surface area contributed by atoms with E-state index in [4.69, 9.17) is 9.94 Å². The molecule has 120 valence electrons. The number of carbonyl (C=O) groups is 2. The number of fused-ring (bicyclic) bond motifs is 1. The summed E-state index contributed by atoms with van der Waals surface area (Å²) < 4.78 is 5.48. The maximum absolute atomic E-state index is 12.2. The van der Waals surface area contributed by atoms with Crippen LogP contribution in [0.3, 0.4) is 0 Å². The molecule has 0 saturated carbocycles. The van der Waals surface area contributed by atoms with E-state index in [9.17, 15) is 9.59 Å². The molecule has 1 aliphatic rings. The predicted octanol–water partition coefficient (Wildman–Crippen LogP) is 1.87. The lowest BCUT2D eigenvalue weighted by molar-refractivity contribution is 0.0706. The molecule has 1 heterocycles. The molecule has 6 nitrogen and oxygen atoms in total. The van der Waals surface area contributed by atoms with Crippen molar-refractivity contribution in [2.24, 2.45) is 0 Å². The third-order valence-corrected chi connectivity index (χ3v) is 3.98. The van der Waals surface area contributed by atoms with Gasteiger partial charge in [0.15, 0.2) is 0 Å². The molecule has 0 aliphatic carbocycles. The van der Waals surface area contributed by atoms with Crippen LogP contribution in [0.25, 0.3) is 10.8 Å². The van der Waals surface area contributed by atoms with Crippen molar-refractivity contribution in [1.82, 2.24) is 10.8 Å². The summed E-state index contributed by atoms with van der Waals surface area (Å²) in [4.78, 5) is 23.7. The average molecular weight is 314 g/mol. The monoisotopic (exact) mass is 314 g/mol. The van der Waals surface area contributed by atoms with Gasteiger partial charge in [-0.2, -0.15) is 0 Å². The predicted molar refractivity (Wildman–Crippen MR) is 84.5 cm³/mol. The van der Waals surface area contributed by atoms with Gasteiger partial charge < -0.3 is 10.1 Å². The zero-order valence-corrected chi connectivity index (χ0v) is 12.5. The number of rotatable bonds is 4. The molecule has 3 rings (SSSR count). The summed E-state index contributed by atoms with van der Waals surface area (Å²) >= 11 is 0. The van der Waals surface area contributed by atoms with E-state index in [1.807, 2.05) is 6.07 Å². The van der Waals surface area contributed by atoms with E-state index in [0.717, 1.165) is 30.2 Å². The minimum Gasteiger partial charge on any atom is -0.376 e. The fraction of sp³-hybridized carbons (Fsp3) is 0.294. The minimum absolute atomic E-state index is 0.0965. The van der Waals surface area contributed by atoms with Crippen LogP contribution >= 0.6 is 0 Å². The number of hydroxylamine groups is 1. The first-order valence-corrected chi connectivity index (χ1v) is 7.55. The molecule has 0 spiro atoms. The van der Waals surface area contributed by atoms with Gasteiger partial charge in [-0.15, -0.1) is 0 Å². The van der Waals surface area contributed by atoms with Crippen LogP contribution in [0.4, 0.5) is 0 Å². The van der Waals surface area contributed by atoms with Crippen molar-refractivity contribution in [1.29, 1.82) is 0 Å². The van der Waals surface area contributed by atoms with Crippen LogP contribution in [0.1, 0.15) is 33.6 Å².